The summed E-state index contributed by atoms with van der Waals surface area (Å²) >= 11 is 1.72. The van der Waals surface area contributed by atoms with Crippen LogP contribution >= 0.6 is 11.8 Å². The Morgan fingerprint density at radius 3 is 2.81 bits per heavy atom. The topological polar surface area (TPSA) is 43.8 Å². The van der Waals surface area contributed by atoms with Gasteiger partial charge >= 0.3 is 0 Å². The van der Waals surface area contributed by atoms with E-state index in [0.29, 0.717) is 0 Å². The van der Waals surface area contributed by atoms with Crippen molar-refractivity contribution in [2.24, 2.45) is 5.73 Å². The smallest absolute Gasteiger partial charge is 0.0995 e. The number of hydrogen-bond donors (Lipinski definition) is 1. The molecule has 0 bridgehead atoms. The summed E-state index contributed by atoms with van der Waals surface area (Å²) in [5.74, 6) is 0. The molecule has 2 rings (SSSR count). The van der Waals surface area contributed by atoms with Gasteiger partial charge in [0.05, 0.1) is 23.9 Å². The summed E-state index contributed by atoms with van der Waals surface area (Å²) in [6.45, 7) is 1.97. The molecule has 0 saturated heterocycles. The summed E-state index contributed by atoms with van der Waals surface area (Å²) in [7, 11) is 0. The second kappa shape index (κ2) is 4.72. The van der Waals surface area contributed by atoms with Crippen molar-refractivity contribution in [1.82, 2.24) is 9.55 Å². The van der Waals surface area contributed by atoms with E-state index in [4.69, 9.17) is 5.73 Å². The van der Waals surface area contributed by atoms with Gasteiger partial charge in [0.15, 0.2) is 0 Å². The van der Waals surface area contributed by atoms with E-state index in [-0.39, 0.29) is 6.04 Å². The Balaban J connectivity index is 2.54. The first-order valence-electron chi connectivity index (χ1n) is 5.15. The first kappa shape index (κ1) is 11.2. The SMILES string of the molecule is CSc1ccccc1-n1cncc1[C@H](C)N. The van der Waals surface area contributed by atoms with E-state index in [1.165, 1.54) is 4.90 Å². The predicted molar refractivity (Wildman–Crippen MR) is 67.9 cm³/mol. The van der Waals surface area contributed by atoms with Crippen molar-refractivity contribution in [3.63, 3.8) is 0 Å². The minimum absolute atomic E-state index is 0.0163. The van der Waals surface area contributed by atoms with Crippen molar-refractivity contribution < 1.29 is 0 Å². The predicted octanol–water partition coefficient (Wildman–Crippen LogP) is 2.61. The first-order valence-corrected chi connectivity index (χ1v) is 6.37. The molecule has 0 amide bonds. The number of thioether (sulfide) groups is 1. The molecule has 0 aliphatic rings. The summed E-state index contributed by atoms with van der Waals surface area (Å²) in [4.78, 5) is 5.39. The van der Waals surface area contributed by atoms with Gasteiger partial charge in [-0.05, 0) is 25.3 Å². The van der Waals surface area contributed by atoms with Gasteiger partial charge in [0, 0.05) is 10.9 Å². The van der Waals surface area contributed by atoms with Crippen molar-refractivity contribution in [3.05, 3.63) is 42.5 Å². The number of aromatic nitrogens is 2. The normalized spacial score (nSPS) is 12.7. The number of hydrogen-bond acceptors (Lipinski definition) is 3. The van der Waals surface area contributed by atoms with Crippen LogP contribution in [0.3, 0.4) is 0 Å². The molecule has 1 aromatic carbocycles. The van der Waals surface area contributed by atoms with Crippen molar-refractivity contribution in [1.29, 1.82) is 0 Å². The zero-order valence-electron chi connectivity index (χ0n) is 9.42. The van der Waals surface area contributed by atoms with Crippen molar-refractivity contribution in [2.75, 3.05) is 6.26 Å². The fraction of sp³-hybridized carbons (Fsp3) is 0.250. The van der Waals surface area contributed by atoms with Crippen molar-refractivity contribution >= 4 is 11.8 Å². The maximum atomic E-state index is 5.92. The van der Waals surface area contributed by atoms with Crippen LogP contribution < -0.4 is 5.73 Å². The van der Waals surface area contributed by atoms with Crippen LogP contribution in [0.2, 0.25) is 0 Å². The average molecular weight is 233 g/mol. The molecule has 0 radical (unpaired) electrons. The van der Waals surface area contributed by atoms with Crippen LogP contribution in [0.25, 0.3) is 5.69 Å². The fourth-order valence-corrected chi connectivity index (χ4v) is 2.26. The van der Waals surface area contributed by atoms with E-state index in [0.717, 1.165) is 11.4 Å². The van der Waals surface area contributed by atoms with Gasteiger partial charge in [-0.2, -0.15) is 0 Å². The van der Waals surface area contributed by atoms with Gasteiger partial charge < -0.3 is 10.3 Å². The molecule has 0 unspecified atom stereocenters. The highest BCUT2D eigenvalue weighted by molar-refractivity contribution is 7.98. The van der Waals surface area contributed by atoms with E-state index < -0.39 is 0 Å². The standard InChI is InChI=1S/C12H15N3S/c1-9(13)11-7-14-8-15(11)10-5-3-4-6-12(10)16-2/h3-9H,13H2,1-2H3/t9-/m0/s1. The van der Waals surface area contributed by atoms with Gasteiger partial charge in [0.25, 0.3) is 0 Å². The van der Waals surface area contributed by atoms with Gasteiger partial charge in [-0.3, -0.25) is 0 Å². The number of benzene rings is 1. The third-order valence-corrected chi connectivity index (χ3v) is 3.26. The number of para-hydroxylation sites is 1. The van der Waals surface area contributed by atoms with Gasteiger partial charge in [0.2, 0.25) is 0 Å². The van der Waals surface area contributed by atoms with E-state index >= 15 is 0 Å². The Morgan fingerprint density at radius 2 is 2.12 bits per heavy atom. The maximum Gasteiger partial charge on any atom is 0.0995 e. The van der Waals surface area contributed by atoms with Crippen molar-refractivity contribution in [3.8, 4) is 5.69 Å². The van der Waals surface area contributed by atoms with Crippen LogP contribution in [0, 0.1) is 0 Å². The quantitative estimate of drug-likeness (QED) is 0.829. The van der Waals surface area contributed by atoms with E-state index in [2.05, 4.69) is 27.9 Å². The molecular weight excluding hydrogens is 218 g/mol. The van der Waals surface area contributed by atoms with Crippen LogP contribution in [0.5, 0.6) is 0 Å². The third-order valence-electron chi connectivity index (χ3n) is 2.48. The lowest BCUT2D eigenvalue weighted by Crippen LogP contribution is -2.11. The molecule has 4 heteroatoms. The lowest BCUT2D eigenvalue weighted by molar-refractivity contribution is 0.748. The molecule has 0 aliphatic heterocycles. The first-order chi connectivity index (χ1) is 7.74. The number of imidazole rings is 1. The van der Waals surface area contributed by atoms with Crippen LogP contribution in [-0.2, 0) is 0 Å². The van der Waals surface area contributed by atoms with Crippen LogP contribution in [0.4, 0.5) is 0 Å². The molecule has 0 aliphatic carbocycles. The van der Waals surface area contributed by atoms with Gasteiger partial charge in [-0.15, -0.1) is 11.8 Å². The molecular formula is C12H15N3S. The minimum Gasteiger partial charge on any atom is -0.323 e. The van der Waals surface area contributed by atoms with Crippen LogP contribution in [0.15, 0.2) is 41.7 Å². The van der Waals surface area contributed by atoms with Gasteiger partial charge in [0.1, 0.15) is 0 Å². The van der Waals surface area contributed by atoms with E-state index in [1.54, 1.807) is 11.8 Å². The Kier molecular flexibility index (Phi) is 3.31. The highest BCUT2D eigenvalue weighted by atomic mass is 32.2. The Hall–Kier alpha value is -1.26. The molecule has 1 atom stereocenters. The lowest BCUT2D eigenvalue weighted by Gasteiger charge is -2.13. The summed E-state index contributed by atoms with van der Waals surface area (Å²) in [6.07, 6.45) is 5.71. The molecule has 0 fully saturated rings. The minimum atomic E-state index is -0.0163. The van der Waals surface area contributed by atoms with E-state index in [1.807, 2.05) is 31.6 Å². The molecule has 0 saturated carbocycles. The molecule has 2 N–H and O–H groups in total. The second-order valence-electron chi connectivity index (χ2n) is 3.65. The largest absolute Gasteiger partial charge is 0.323 e. The Morgan fingerprint density at radius 1 is 1.38 bits per heavy atom. The summed E-state index contributed by atoms with van der Waals surface area (Å²) in [6, 6.07) is 8.24. The number of nitrogens with zero attached hydrogens (tertiary/aromatic N) is 2. The molecule has 16 heavy (non-hydrogen) atoms. The molecule has 1 heterocycles. The average Bonchev–Trinajstić information content (AvgIpc) is 2.77. The van der Waals surface area contributed by atoms with E-state index in [9.17, 15) is 0 Å². The van der Waals surface area contributed by atoms with Crippen LogP contribution in [0.1, 0.15) is 18.7 Å². The fourth-order valence-electron chi connectivity index (χ4n) is 1.67. The zero-order valence-corrected chi connectivity index (χ0v) is 10.2. The molecule has 0 spiro atoms. The van der Waals surface area contributed by atoms with Crippen LogP contribution in [-0.4, -0.2) is 15.8 Å². The zero-order chi connectivity index (χ0) is 11.5. The number of rotatable bonds is 3. The molecule has 2 aromatic rings. The molecule has 1 aromatic heterocycles. The lowest BCUT2D eigenvalue weighted by atomic mass is 10.2. The maximum absolute atomic E-state index is 5.92. The summed E-state index contributed by atoms with van der Waals surface area (Å²) < 4.78 is 2.05. The van der Waals surface area contributed by atoms with Gasteiger partial charge in [-0.25, -0.2) is 4.98 Å². The van der Waals surface area contributed by atoms with Gasteiger partial charge in [-0.1, -0.05) is 12.1 Å². The molecule has 84 valence electrons. The second-order valence-corrected chi connectivity index (χ2v) is 4.50. The Bertz CT molecular complexity index is 477. The summed E-state index contributed by atoms with van der Waals surface area (Å²) in [5.41, 5.74) is 8.09. The summed E-state index contributed by atoms with van der Waals surface area (Å²) in [5, 5.41) is 0. The third kappa shape index (κ3) is 1.99. The van der Waals surface area contributed by atoms with Crippen molar-refractivity contribution in [2.45, 2.75) is 17.9 Å². The highest BCUT2D eigenvalue weighted by Crippen LogP contribution is 2.25. The Labute approximate surface area is 99.7 Å². The highest BCUT2D eigenvalue weighted by Gasteiger charge is 2.10. The monoisotopic (exact) mass is 233 g/mol. The molecule has 3 nitrogen and oxygen atoms in total. The number of nitrogens with two attached hydrogens (primary N) is 1.